The fraction of sp³-hybridized carbons (Fsp3) is 0.241. The minimum absolute atomic E-state index is 0. The normalized spacial score (nSPS) is 10.1. The largest absolute Gasteiger partial charge is 0.0776 e. The van der Waals surface area contributed by atoms with Crippen LogP contribution in [0.4, 0.5) is 0 Å². The van der Waals surface area contributed by atoms with Crippen LogP contribution in [-0.2, 0) is 0 Å². The molecule has 0 aliphatic heterocycles. The Morgan fingerprint density at radius 2 is 0.293 bits per heavy atom. The topological polar surface area (TPSA) is 0 Å². The van der Waals surface area contributed by atoms with Crippen molar-refractivity contribution in [2.24, 2.45) is 0 Å². The van der Waals surface area contributed by atoms with E-state index in [1.807, 2.05) is 111 Å². The summed E-state index contributed by atoms with van der Waals surface area (Å²) >= 11 is 0. The van der Waals surface area contributed by atoms with Gasteiger partial charge in [-0.05, 0) is 277 Å². The molecule has 0 saturated carbocycles. The molecule has 0 radical (unpaired) electrons. The Hall–Kier alpha value is -11.4. The smallest absolute Gasteiger partial charge is 0.00263 e. The van der Waals surface area contributed by atoms with E-state index in [0.29, 0.717) is 0 Å². The van der Waals surface area contributed by atoms with Crippen LogP contribution in [0.15, 0.2) is 291 Å². The second kappa shape index (κ2) is 44.4. The van der Waals surface area contributed by atoms with Crippen LogP contribution < -0.4 is 0 Å². The minimum Gasteiger partial charge on any atom is -0.0776 e. The fourth-order valence-corrected chi connectivity index (χ4v) is 16.2. The highest BCUT2D eigenvalue weighted by atomic mass is 14.3. The molecule has 0 amide bonds. The molecule has 0 heteroatoms. The summed E-state index contributed by atoms with van der Waals surface area (Å²) in [4.78, 5) is 0. The van der Waals surface area contributed by atoms with E-state index < -0.39 is 0 Å². The van der Waals surface area contributed by atoms with Gasteiger partial charge in [0.15, 0.2) is 0 Å². The highest BCUT2D eigenvalue weighted by Gasteiger charge is 2.27. The first kappa shape index (κ1) is 95.2. The van der Waals surface area contributed by atoms with Crippen LogP contribution in [0.1, 0.15) is 185 Å². The summed E-state index contributed by atoms with van der Waals surface area (Å²) in [6.45, 7) is 49.7. The molecule has 116 heavy (non-hydrogen) atoms. The summed E-state index contributed by atoms with van der Waals surface area (Å²) in [6.07, 6.45) is 0. The maximum atomic E-state index is 2.36. The molecule has 0 aromatic heterocycles. The molecule has 0 saturated heterocycles. The van der Waals surface area contributed by atoms with E-state index in [0.717, 1.165) is 0 Å². The van der Waals surface area contributed by atoms with E-state index in [9.17, 15) is 0 Å². The lowest BCUT2D eigenvalue weighted by Gasteiger charge is -2.15. The first-order valence-electron chi connectivity index (χ1n) is 41.9. The molecule has 0 heterocycles. The average Bonchev–Trinajstić information content (AvgIpc) is 1.62. The van der Waals surface area contributed by atoms with Gasteiger partial charge in [-0.1, -0.05) is 432 Å². The Morgan fingerprint density at radius 3 is 0.560 bits per heavy atom. The maximum absolute atomic E-state index is 2.36. The van der Waals surface area contributed by atoms with Crippen molar-refractivity contribution in [3.63, 3.8) is 0 Å². The molecule has 0 atom stereocenters. The predicted octanol–water partition coefficient (Wildman–Crippen LogP) is 37.8. The third-order valence-electron chi connectivity index (χ3n) is 21.5. The number of fused-ring (bicyclic) bond motifs is 20. The number of hydrogen-bond acceptors (Lipinski definition) is 0. The van der Waals surface area contributed by atoms with Crippen LogP contribution in [0, 0.1) is 55.4 Å². The zero-order chi connectivity index (χ0) is 81.0. The molecule has 16 aromatic rings. The Labute approximate surface area is 703 Å². The van der Waals surface area contributed by atoms with Crippen molar-refractivity contribution in [1.82, 2.24) is 0 Å². The van der Waals surface area contributed by atoms with Gasteiger partial charge in [-0.25, -0.2) is 0 Å². The van der Waals surface area contributed by atoms with E-state index in [4.69, 9.17) is 0 Å². The second-order valence-corrected chi connectivity index (χ2v) is 26.8. The molecule has 0 fully saturated rings. The Morgan fingerprint density at radius 1 is 0.129 bits per heavy atom. The summed E-state index contributed by atoms with van der Waals surface area (Å²) in [5.41, 5.74) is 43.1. The van der Waals surface area contributed by atoms with E-state index in [2.05, 4.69) is 347 Å². The van der Waals surface area contributed by atoms with Crippen molar-refractivity contribution in [2.45, 2.75) is 196 Å². The highest BCUT2D eigenvalue weighted by Crippen LogP contribution is 2.53. The minimum atomic E-state index is 0. The molecular weight excluding hydrogens is 1390 g/mol. The molecule has 0 bridgehead atoms. The zero-order valence-corrected chi connectivity index (χ0v) is 71.7. The first-order chi connectivity index (χ1) is 55.0. The van der Waals surface area contributed by atoms with Gasteiger partial charge in [0.05, 0.1) is 0 Å². The number of aryl methyl sites for hydroxylation is 6. The lowest BCUT2D eigenvalue weighted by atomic mass is 9.88. The van der Waals surface area contributed by atoms with Gasteiger partial charge < -0.3 is 0 Å². The molecule has 16 aromatic carbocycles. The standard InChI is InChI=1S/4C24H18.8C2H6.4CH4/c2*1-15-13-22-19-10-4-3-9-18(19)20-11-5-7-17-8-6-12-21(24(17)20)23(22)14-16(15)2;1-15-13-14-21-19-10-4-3-9-18(19)20-11-5-7-17-8-6-12-22(24(17)20)23(21)16(15)2;1-15-13-14-22-21-12-6-8-17-7-5-11-20(24(17)21)18-9-3-4-10-19(18)23(22)16(15)2;8*1-2;;;;/h4*3-14H,1-2H3;8*1-2H3;4*1H4. The van der Waals surface area contributed by atoms with E-state index in [1.165, 1.54) is 221 Å². The van der Waals surface area contributed by atoms with Crippen molar-refractivity contribution in [3.8, 4) is 134 Å². The quantitative estimate of drug-likeness (QED) is 0.142. The molecule has 4 aliphatic rings. The number of rotatable bonds is 0. The van der Waals surface area contributed by atoms with Crippen molar-refractivity contribution in [2.75, 3.05) is 0 Å². The van der Waals surface area contributed by atoms with Gasteiger partial charge in [0.1, 0.15) is 0 Å². The lowest BCUT2D eigenvalue weighted by molar-refractivity contribution is 1.34. The summed E-state index contributed by atoms with van der Waals surface area (Å²) in [6, 6.07) is 107. The molecule has 20 rings (SSSR count). The molecule has 4 aliphatic carbocycles. The van der Waals surface area contributed by atoms with Crippen molar-refractivity contribution in [1.29, 1.82) is 0 Å². The Balaban J connectivity index is 0.000000258. The second-order valence-electron chi connectivity index (χ2n) is 26.8. The third-order valence-corrected chi connectivity index (χ3v) is 21.5. The molecule has 600 valence electrons. The Kier molecular flexibility index (Phi) is 36.5. The van der Waals surface area contributed by atoms with E-state index in [-0.39, 0.29) is 29.7 Å². The van der Waals surface area contributed by atoms with Crippen molar-refractivity contribution in [3.05, 3.63) is 336 Å². The maximum Gasteiger partial charge on any atom is -0.00263 e. The van der Waals surface area contributed by atoms with Crippen molar-refractivity contribution >= 4 is 43.1 Å². The van der Waals surface area contributed by atoms with Gasteiger partial charge in [-0.15, -0.1) is 0 Å². The summed E-state index contributed by atoms with van der Waals surface area (Å²) in [7, 11) is 0. The molecule has 0 unspecified atom stereocenters. The van der Waals surface area contributed by atoms with E-state index in [1.54, 1.807) is 0 Å². The zero-order valence-electron chi connectivity index (χ0n) is 71.7. The summed E-state index contributed by atoms with van der Waals surface area (Å²) < 4.78 is 0. The molecular formula is C116H136. The van der Waals surface area contributed by atoms with Crippen molar-refractivity contribution < 1.29 is 0 Å². The molecule has 0 N–H and O–H groups in total. The fourth-order valence-electron chi connectivity index (χ4n) is 16.2. The summed E-state index contributed by atoms with van der Waals surface area (Å²) in [5.74, 6) is 0. The van der Waals surface area contributed by atoms with Gasteiger partial charge in [-0.3, -0.25) is 0 Å². The van der Waals surface area contributed by atoms with Crippen LogP contribution in [0.5, 0.6) is 0 Å². The van der Waals surface area contributed by atoms with Crippen LogP contribution in [0.3, 0.4) is 0 Å². The lowest BCUT2D eigenvalue weighted by Crippen LogP contribution is -1.92. The number of hydrogen-bond donors (Lipinski definition) is 0. The first-order valence-corrected chi connectivity index (χ1v) is 41.9. The van der Waals surface area contributed by atoms with Crippen LogP contribution >= 0.6 is 0 Å². The van der Waals surface area contributed by atoms with Gasteiger partial charge >= 0.3 is 0 Å². The predicted molar refractivity (Wildman–Crippen MR) is 531 cm³/mol. The van der Waals surface area contributed by atoms with Gasteiger partial charge in [0.2, 0.25) is 0 Å². The van der Waals surface area contributed by atoms with Gasteiger partial charge in [0.25, 0.3) is 0 Å². The molecule has 0 spiro atoms. The van der Waals surface area contributed by atoms with Crippen LogP contribution in [-0.4, -0.2) is 0 Å². The van der Waals surface area contributed by atoms with Gasteiger partial charge in [-0.2, -0.15) is 0 Å². The average molecular weight is 1530 g/mol. The highest BCUT2D eigenvalue weighted by molar-refractivity contribution is 6.18. The summed E-state index contributed by atoms with van der Waals surface area (Å²) in [5, 5.41) is 10.7. The third kappa shape index (κ3) is 18.0. The van der Waals surface area contributed by atoms with Crippen LogP contribution in [0.25, 0.3) is 177 Å². The SMILES string of the molecule is C.C.C.C.CC.CC.CC.CC.CC.CC.CC.CC.Cc1cc2c(cc1C)-c1cccc3cccc(c13)-c1ccccc1-2.Cc1cc2c(cc1C)-c1cccc3cccc(c13)-c1ccccc1-2.Cc1ccc2c(c1C)-c1cccc3cccc(c13)-c1ccccc1-2.Cc1ccc2c(c1C)-c1ccccc1-c1cccc3cccc-2c13. The van der Waals surface area contributed by atoms with E-state index >= 15 is 0 Å². The number of benzene rings is 16. The van der Waals surface area contributed by atoms with Gasteiger partial charge in [0, 0.05) is 0 Å². The molecule has 0 nitrogen and oxygen atoms in total. The van der Waals surface area contributed by atoms with Crippen LogP contribution in [0.2, 0.25) is 0 Å². The Bertz CT molecular complexity index is 5600. The monoisotopic (exact) mass is 1530 g/mol.